The number of halogens is 1. The molecule has 0 radical (unpaired) electrons. The van der Waals surface area contributed by atoms with Crippen molar-refractivity contribution in [2.75, 3.05) is 24.5 Å². The van der Waals surface area contributed by atoms with Gasteiger partial charge < -0.3 is 15.0 Å². The summed E-state index contributed by atoms with van der Waals surface area (Å²) in [6.45, 7) is 7.42. The molecule has 0 aliphatic carbocycles. The molecule has 3 aromatic rings. The predicted octanol–water partition coefficient (Wildman–Crippen LogP) is 5.49. The van der Waals surface area contributed by atoms with Crippen molar-refractivity contribution in [2.24, 2.45) is 0 Å². The molecule has 10 heteroatoms. The van der Waals surface area contributed by atoms with Crippen molar-refractivity contribution in [3.05, 3.63) is 88.4 Å². The first-order valence-electron chi connectivity index (χ1n) is 13.6. The smallest absolute Gasteiger partial charge is 0.264 e. The third-order valence-corrected chi connectivity index (χ3v) is 8.75. The van der Waals surface area contributed by atoms with Gasteiger partial charge >= 0.3 is 0 Å². The Morgan fingerprint density at radius 2 is 1.71 bits per heavy atom. The summed E-state index contributed by atoms with van der Waals surface area (Å²) in [5, 5.41) is 3.33. The third-order valence-electron chi connectivity index (χ3n) is 6.74. The quantitative estimate of drug-likeness (QED) is 0.280. The van der Waals surface area contributed by atoms with Gasteiger partial charge in [0.15, 0.2) is 0 Å². The van der Waals surface area contributed by atoms with Gasteiger partial charge in [-0.2, -0.15) is 0 Å². The number of carbonyl (C=O) groups excluding carboxylic acids is 2. The number of nitrogens with one attached hydrogen (secondary N) is 1. The molecule has 41 heavy (non-hydrogen) atoms. The van der Waals surface area contributed by atoms with E-state index in [2.05, 4.69) is 5.32 Å². The lowest BCUT2D eigenvalue weighted by Crippen LogP contribution is -2.52. The Balaban J connectivity index is 2.09. The highest BCUT2D eigenvalue weighted by molar-refractivity contribution is 7.92. The van der Waals surface area contributed by atoms with Gasteiger partial charge in [0.25, 0.3) is 10.0 Å². The molecule has 0 unspecified atom stereocenters. The summed E-state index contributed by atoms with van der Waals surface area (Å²) in [5.74, 6) is -0.198. The van der Waals surface area contributed by atoms with Gasteiger partial charge in [-0.1, -0.05) is 55.3 Å². The zero-order valence-corrected chi connectivity index (χ0v) is 25.8. The second-order valence-electron chi connectivity index (χ2n) is 9.84. The Hall–Kier alpha value is -3.56. The van der Waals surface area contributed by atoms with E-state index in [0.29, 0.717) is 35.0 Å². The van der Waals surface area contributed by atoms with E-state index in [9.17, 15) is 18.0 Å². The Morgan fingerprint density at radius 3 is 2.32 bits per heavy atom. The Bertz CT molecular complexity index is 1460. The first-order valence-corrected chi connectivity index (χ1v) is 15.4. The van der Waals surface area contributed by atoms with Crippen molar-refractivity contribution < 1.29 is 22.7 Å². The summed E-state index contributed by atoms with van der Waals surface area (Å²) < 4.78 is 34.5. The number of methoxy groups -OCH3 is 1. The summed E-state index contributed by atoms with van der Waals surface area (Å²) >= 11 is 6.18. The molecule has 2 amide bonds. The van der Waals surface area contributed by atoms with Crippen LogP contribution in [-0.2, 0) is 26.2 Å². The minimum atomic E-state index is -4.16. The average molecular weight is 600 g/mol. The minimum absolute atomic E-state index is 0.0531. The molecule has 0 fully saturated rings. The number of carbonyl (C=O) groups is 2. The molecule has 3 rings (SSSR count). The van der Waals surface area contributed by atoms with Crippen LogP contribution in [0.25, 0.3) is 0 Å². The van der Waals surface area contributed by atoms with E-state index in [1.54, 1.807) is 62.6 Å². The van der Waals surface area contributed by atoms with Crippen LogP contribution in [0.3, 0.4) is 0 Å². The molecule has 3 aromatic carbocycles. The second kappa shape index (κ2) is 14.4. The number of sulfonamides is 1. The predicted molar refractivity (Wildman–Crippen MR) is 163 cm³/mol. The van der Waals surface area contributed by atoms with Gasteiger partial charge in [0, 0.05) is 18.1 Å². The largest absolute Gasteiger partial charge is 0.497 e. The standard InChI is InChI=1S/C31H38ClN3O5S/c1-6-17-33-31(37)28(7-2)34(20-24-9-8-10-26(19-24)40-5)30(36)21-35(29-16-13-25(32)18-23(29)4)41(38,39)27-14-11-22(3)12-15-27/h8-16,18-19,28H,6-7,17,20-21H2,1-5H3,(H,33,37)/t28-/m0/s1. The lowest BCUT2D eigenvalue weighted by Gasteiger charge is -2.33. The zero-order valence-electron chi connectivity index (χ0n) is 24.2. The van der Waals surface area contributed by atoms with E-state index < -0.39 is 28.5 Å². The number of benzene rings is 3. The summed E-state index contributed by atoms with van der Waals surface area (Å²) in [6.07, 6.45) is 1.08. The normalized spacial score (nSPS) is 12.0. The Labute approximate surface area is 248 Å². The molecule has 220 valence electrons. The van der Waals surface area contributed by atoms with E-state index >= 15 is 0 Å². The highest BCUT2D eigenvalue weighted by Crippen LogP contribution is 2.30. The van der Waals surface area contributed by atoms with Crippen LogP contribution in [0.5, 0.6) is 5.75 Å². The van der Waals surface area contributed by atoms with Gasteiger partial charge in [-0.15, -0.1) is 0 Å². The highest BCUT2D eigenvalue weighted by Gasteiger charge is 2.34. The summed E-state index contributed by atoms with van der Waals surface area (Å²) in [5.41, 5.74) is 2.57. The number of hydrogen-bond donors (Lipinski definition) is 1. The fraction of sp³-hybridized carbons (Fsp3) is 0.355. The fourth-order valence-electron chi connectivity index (χ4n) is 4.50. The number of hydrogen-bond acceptors (Lipinski definition) is 5. The molecule has 0 spiro atoms. The molecule has 1 atom stereocenters. The summed E-state index contributed by atoms with van der Waals surface area (Å²) in [6, 6.07) is 17.7. The molecular weight excluding hydrogens is 562 g/mol. The van der Waals surface area contributed by atoms with Crippen molar-refractivity contribution in [1.29, 1.82) is 0 Å². The zero-order chi connectivity index (χ0) is 30.2. The van der Waals surface area contributed by atoms with Gasteiger partial charge in [-0.25, -0.2) is 8.42 Å². The third kappa shape index (κ3) is 8.01. The number of ether oxygens (including phenoxy) is 1. The van der Waals surface area contributed by atoms with E-state index in [1.807, 2.05) is 26.8 Å². The highest BCUT2D eigenvalue weighted by atomic mass is 35.5. The number of aryl methyl sites for hydroxylation is 2. The lowest BCUT2D eigenvalue weighted by atomic mass is 10.1. The molecule has 0 aromatic heterocycles. The van der Waals surface area contributed by atoms with Gasteiger partial charge in [-0.05, 0) is 80.3 Å². The number of anilines is 1. The van der Waals surface area contributed by atoms with E-state index in [4.69, 9.17) is 16.3 Å². The molecule has 0 aliphatic rings. The fourth-order valence-corrected chi connectivity index (χ4v) is 6.21. The minimum Gasteiger partial charge on any atom is -0.497 e. The molecule has 0 bridgehead atoms. The van der Waals surface area contributed by atoms with Crippen molar-refractivity contribution in [1.82, 2.24) is 10.2 Å². The van der Waals surface area contributed by atoms with Crippen LogP contribution < -0.4 is 14.4 Å². The van der Waals surface area contributed by atoms with Crippen LogP contribution in [0.2, 0.25) is 5.02 Å². The first kappa shape index (κ1) is 32.0. The molecule has 8 nitrogen and oxygen atoms in total. The van der Waals surface area contributed by atoms with Crippen molar-refractivity contribution in [2.45, 2.75) is 58.0 Å². The van der Waals surface area contributed by atoms with E-state index in [-0.39, 0.29) is 17.3 Å². The van der Waals surface area contributed by atoms with Crippen molar-refractivity contribution >= 4 is 39.1 Å². The maximum atomic E-state index is 14.2. The van der Waals surface area contributed by atoms with Gasteiger partial charge in [-0.3, -0.25) is 13.9 Å². The van der Waals surface area contributed by atoms with Crippen molar-refractivity contribution in [3.63, 3.8) is 0 Å². The van der Waals surface area contributed by atoms with Gasteiger partial charge in [0.1, 0.15) is 18.3 Å². The molecule has 0 heterocycles. The van der Waals surface area contributed by atoms with Crippen LogP contribution in [0, 0.1) is 13.8 Å². The SMILES string of the molecule is CCCNC(=O)[C@H](CC)N(Cc1cccc(OC)c1)C(=O)CN(c1ccc(Cl)cc1C)S(=O)(=O)c1ccc(C)cc1. The van der Waals surface area contributed by atoms with Crippen LogP contribution >= 0.6 is 11.6 Å². The first-order chi connectivity index (χ1) is 19.5. The maximum absolute atomic E-state index is 14.2. The topological polar surface area (TPSA) is 96.0 Å². The van der Waals surface area contributed by atoms with Gasteiger partial charge in [0.05, 0.1) is 17.7 Å². The van der Waals surface area contributed by atoms with Crippen molar-refractivity contribution in [3.8, 4) is 5.75 Å². The maximum Gasteiger partial charge on any atom is 0.264 e. The molecule has 0 saturated carbocycles. The van der Waals surface area contributed by atoms with Crippen LogP contribution in [0.1, 0.15) is 43.4 Å². The average Bonchev–Trinajstić information content (AvgIpc) is 2.95. The number of rotatable bonds is 13. The van der Waals surface area contributed by atoms with Crippen LogP contribution in [-0.4, -0.2) is 51.4 Å². The van der Waals surface area contributed by atoms with Gasteiger partial charge in [0.2, 0.25) is 11.8 Å². The molecular formula is C31H38ClN3O5S. The molecule has 0 aliphatic heterocycles. The monoisotopic (exact) mass is 599 g/mol. The summed E-state index contributed by atoms with van der Waals surface area (Å²) in [7, 11) is -2.61. The Kier molecular flexibility index (Phi) is 11.2. The van der Waals surface area contributed by atoms with Crippen LogP contribution in [0.15, 0.2) is 71.6 Å². The lowest BCUT2D eigenvalue weighted by molar-refractivity contribution is -0.140. The Morgan fingerprint density at radius 1 is 1.00 bits per heavy atom. The van der Waals surface area contributed by atoms with E-state index in [1.165, 1.54) is 17.0 Å². The molecule has 1 N–H and O–H groups in total. The number of amides is 2. The number of nitrogens with zero attached hydrogens (tertiary/aromatic N) is 2. The second-order valence-corrected chi connectivity index (χ2v) is 12.1. The van der Waals surface area contributed by atoms with E-state index in [0.717, 1.165) is 21.9 Å². The molecule has 0 saturated heterocycles. The van der Waals surface area contributed by atoms with Crippen LogP contribution in [0.4, 0.5) is 5.69 Å². The summed E-state index contributed by atoms with van der Waals surface area (Å²) in [4.78, 5) is 28.9.